The summed E-state index contributed by atoms with van der Waals surface area (Å²) < 4.78 is 5.86. The second kappa shape index (κ2) is 7.45. The fourth-order valence-corrected chi connectivity index (χ4v) is 4.31. The minimum Gasteiger partial charge on any atom is -0.375 e. The highest BCUT2D eigenvalue weighted by Gasteiger charge is 2.47. The zero-order chi connectivity index (χ0) is 16.1. The van der Waals surface area contributed by atoms with E-state index in [2.05, 4.69) is 29.3 Å². The fraction of sp³-hybridized carbons (Fsp3) is 0.632. The summed E-state index contributed by atoms with van der Waals surface area (Å²) in [5.41, 5.74) is 1.24. The number of carbonyl (C=O) groups is 1. The van der Waals surface area contributed by atoms with Crippen LogP contribution >= 0.6 is 0 Å². The smallest absolute Gasteiger partial charge is 0.220 e. The maximum Gasteiger partial charge on any atom is 0.220 e. The lowest BCUT2D eigenvalue weighted by Crippen LogP contribution is -2.62. The van der Waals surface area contributed by atoms with Gasteiger partial charge in [-0.15, -0.1) is 0 Å². The molecule has 4 nitrogen and oxygen atoms in total. The Morgan fingerprint density at radius 3 is 2.83 bits per heavy atom. The van der Waals surface area contributed by atoms with Gasteiger partial charge in [0.1, 0.15) is 0 Å². The molecule has 126 valence electrons. The normalized spacial score (nSPS) is 28.2. The van der Waals surface area contributed by atoms with Crippen LogP contribution in [0.25, 0.3) is 0 Å². The summed E-state index contributed by atoms with van der Waals surface area (Å²) in [7, 11) is 0. The number of hydrogen-bond acceptors (Lipinski definition) is 3. The SMILES string of the molecule is CC[C@H]1N(CCOCc2ccccc2)CCC[C@@]12CCC(=O)N2. The molecule has 1 spiro atoms. The molecule has 0 saturated carbocycles. The zero-order valence-corrected chi connectivity index (χ0v) is 14.1. The van der Waals surface area contributed by atoms with E-state index in [1.165, 1.54) is 5.56 Å². The average molecular weight is 316 g/mol. The van der Waals surface area contributed by atoms with Crippen molar-refractivity contribution in [2.75, 3.05) is 19.7 Å². The topological polar surface area (TPSA) is 41.6 Å². The molecule has 3 rings (SSSR count). The molecule has 0 bridgehead atoms. The van der Waals surface area contributed by atoms with E-state index in [0.717, 1.165) is 45.4 Å². The van der Waals surface area contributed by atoms with Crippen molar-refractivity contribution in [3.63, 3.8) is 0 Å². The van der Waals surface area contributed by atoms with Crippen LogP contribution in [0.3, 0.4) is 0 Å². The Hall–Kier alpha value is -1.39. The molecule has 2 atom stereocenters. The van der Waals surface area contributed by atoms with Crippen LogP contribution in [0.1, 0.15) is 44.6 Å². The molecule has 2 aliphatic heterocycles. The number of rotatable bonds is 6. The third-order valence-electron chi connectivity index (χ3n) is 5.35. The van der Waals surface area contributed by atoms with Gasteiger partial charge in [0, 0.05) is 19.0 Å². The zero-order valence-electron chi connectivity index (χ0n) is 14.1. The fourth-order valence-electron chi connectivity index (χ4n) is 4.31. The Balaban J connectivity index is 1.51. The molecule has 1 N–H and O–H groups in total. The van der Waals surface area contributed by atoms with Crippen molar-refractivity contribution in [1.82, 2.24) is 10.2 Å². The van der Waals surface area contributed by atoms with E-state index in [0.29, 0.717) is 19.1 Å². The standard InChI is InChI=1S/C19H28N2O2/c1-2-17-19(11-9-18(22)20-19)10-6-12-21(17)13-14-23-15-16-7-4-3-5-8-16/h3-5,7-8,17H,2,6,9-15H2,1H3,(H,20,22)/t17-,19-/m1/s1. The summed E-state index contributed by atoms with van der Waals surface area (Å²) in [4.78, 5) is 14.3. The molecular formula is C19H28N2O2. The highest BCUT2D eigenvalue weighted by molar-refractivity contribution is 5.79. The van der Waals surface area contributed by atoms with Gasteiger partial charge in [0.25, 0.3) is 0 Å². The van der Waals surface area contributed by atoms with Crippen LogP contribution in [0.5, 0.6) is 0 Å². The van der Waals surface area contributed by atoms with Crippen LogP contribution in [0.4, 0.5) is 0 Å². The van der Waals surface area contributed by atoms with Crippen LogP contribution in [0.2, 0.25) is 0 Å². The van der Waals surface area contributed by atoms with Crippen LogP contribution in [0.15, 0.2) is 30.3 Å². The van der Waals surface area contributed by atoms with E-state index in [9.17, 15) is 4.79 Å². The van der Waals surface area contributed by atoms with Crippen molar-refractivity contribution in [3.05, 3.63) is 35.9 Å². The number of hydrogen-bond donors (Lipinski definition) is 1. The first-order valence-electron chi connectivity index (χ1n) is 8.90. The minimum atomic E-state index is 0.0174. The lowest BCUT2D eigenvalue weighted by atomic mass is 9.78. The second-order valence-electron chi connectivity index (χ2n) is 6.81. The van der Waals surface area contributed by atoms with E-state index in [4.69, 9.17) is 4.74 Å². The number of carbonyl (C=O) groups excluding carboxylic acids is 1. The number of nitrogens with one attached hydrogen (secondary N) is 1. The molecule has 4 heteroatoms. The third-order valence-corrected chi connectivity index (χ3v) is 5.35. The van der Waals surface area contributed by atoms with Crippen molar-refractivity contribution in [3.8, 4) is 0 Å². The largest absolute Gasteiger partial charge is 0.375 e. The number of benzene rings is 1. The molecule has 1 amide bonds. The molecule has 2 saturated heterocycles. The predicted molar refractivity (Wildman–Crippen MR) is 91.1 cm³/mol. The van der Waals surface area contributed by atoms with Crippen LogP contribution in [0, 0.1) is 0 Å². The highest BCUT2D eigenvalue weighted by Crippen LogP contribution is 2.36. The van der Waals surface area contributed by atoms with E-state index < -0.39 is 0 Å². The lowest BCUT2D eigenvalue weighted by molar-refractivity contribution is -0.120. The van der Waals surface area contributed by atoms with Gasteiger partial charge in [-0.1, -0.05) is 37.3 Å². The molecule has 2 aliphatic rings. The number of amides is 1. The van der Waals surface area contributed by atoms with Gasteiger partial charge < -0.3 is 10.1 Å². The summed E-state index contributed by atoms with van der Waals surface area (Å²) >= 11 is 0. The number of ether oxygens (including phenoxy) is 1. The molecule has 0 aliphatic carbocycles. The predicted octanol–water partition coefficient (Wildman–Crippen LogP) is 2.73. The van der Waals surface area contributed by atoms with Gasteiger partial charge in [-0.3, -0.25) is 9.69 Å². The lowest BCUT2D eigenvalue weighted by Gasteiger charge is -2.48. The summed E-state index contributed by atoms with van der Waals surface area (Å²) in [6.45, 7) is 5.72. The van der Waals surface area contributed by atoms with Gasteiger partial charge >= 0.3 is 0 Å². The van der Waals surface area contributed by atoms with Gasteiger partial charge in [-0.05, 0) is 37.8 Å². The van der Waals surface area contributed by atoms with Gasteiger partial charge in [0.15, 0.2) is 0 Å². The molecule has 0 radical (unpaired) electrons. The van der Waals surface area contributed by atoms with E-state index in [1.54, 1.807) is 0 Å². The number of likely N-dealkylation sites (tertiary alicyclic amines) is 1. The third kappa shape index (κ3) is 3.75. The van der Waals surface area contributed by atoms with Crippen LogP contribution in [-0.2, 0) is 16.1 Å². The molecule has 23 heavy (non-hydrogen) atoms. The van der Waals surface area contributed by atoms with Crippen molar-refractivity contribution >= 4 is 5.91 Å². The Kier molecular flexibility index (Phi) is 5.34. The Morgan fingerprint density at radius 2 is 2.13 bits per heavy atom. The first-order chi connectivity index (χ1) is 11.2. The highest BCUT2D eigenvalue weighted by atomic mass is 16.5. The van der Waals surface area contributed by atoms with Gasteiger partial charge in [0.05, 0.1) is 18.8 Å². The monoisotopic (exact) mass is 316 g/mol. The number of nitrogens with zero attached hydrogens (tertiary/aromatic N) is 1. The molecule has 2 heterocycles. The van der Waals surface area contributed by atoms with Crippen molar-refractivity contribution < 1.29 is 9.53 Å². The molecule has 2 fully saturated rings. The number of piperidine rings is 1. The van der Waals surface area contributed by atoms with Gasteiger partial charge in [0.2, 0.25) is 5.91 Å². The quantitative estimate of drug-likeness (QED) is 0.821. The summed E-state index contributed by atoms with van der Waals surface area (Å²) in [6.07, 6.45) is 5.05. The Bertz CT molecular complexity index is 519. The maximum absolute atomic E-state index is 11.7. The minimum absolute atomic E-state index is 0.0174. The first-order valence-corrected chi connectivity index (χ1v) is 8.90. The van der Waals surface area contributed by atoms with Crippen molar-refractivity contribution in [2.24, 2.45) is 0 Å². The van der Waals surface area contributed by atoms with Gasteiger partial charge in [-0.25, -0.2) is 0 Å². The molecule has 1 aromatic carbocycles. The average Bonchev–Trinajstić information content (AvgIpc) is 2.94. The van der Waals surface area contributed by atoms with Gasteiger partial charge in [-0.2, -0.15) is 0 Å². The van der Waals surface area contributed by atoms with Crippen molar-refractivity contribution in [2.45, 2.75) is 57.2 Å². The van der Waals surface area contributed by atoms with E-state index >= 15 is 0 Å². The maximum atomic E-state index is 11.7. The van der Waals surface area contributed by atoms with E-state index in [-0.39, 0.29) is 11.4 Å². The Labute approximate surface area is 139 Å². The van der Waals surface area contributed by atoms with Crippen molar-refractivity contribution in [1.29, 1.82) is 0 Å². The first kappa shape index (κ1) is 16.5. The molecule has 0 aromatic heterocycles. The van der Waals surface area contributed by atoms with Crippen LogP contribution in [-0.4, -0.2) is 42.1 Å². The summed E-state index contributed by atoms with van der Waals surface area (Å²) in [6, 6.07) is 10.8. The summed E-state index contributed by atoms with van der Waals surface area (Å²) in [5, 5.41) is 3.30. The van der Waals surface area contributed by atoms with E-state index in [1.807, 2.05) is 18.2 Å². The van der Waals surface area contributed by atoms with Crippen LogP contribution < -0.4 is 5.32 Å². The summed E-state index contributed by atoms with van der Waals surface area (Å²) in [5.74, 6) is 0.227. The Morgan fingerprint density at radius 1 is 1.30 bits per heavy atom. The molecular weight excluding hydrogens is 288 g/mol. The molecule has 1 aromatic rings. The molecule has 0 unspecified atom stereocenters. The second-order valence-corrected chi connectivity index (χ2v) is 6.81.